The number of nitrogens with zero attached hydrogens (tertiary/aromatic N) is 4. The van der Waals surface area contributed by atoms with Gasteiger partial charge in [0.2, 0.25) is 0 Å². The normalized spacial score (nSPS) is 9.95. The highest BCUT2D eigenvalue weighted by molar-refractivity contribution is 6.03. The molecular formula is C12H13N5O2. The summed E-state index contributed by atoms with van der Waals surface area (Å²) in [7, 11) is 1.57. The lowest BCUT2D eigenvalue weighted by Crippen LogP contribution is -2.13. The van der Waals surface area contributed by atoms with Crippen molar-refractivity contribution >= 4 is 11.9 Å². The molecule has 0 saturated carbocycles. The van der Waals surface area contributed by atoms with Crippen LogP contribution in [0.25, 0.3) is 0 Å². The summed E-state index contributed by atoms with van der Waals surface area (Å²) < 4.78 is 5.02. The molecule has 1 heterocycles. The number of carbonyl (C=O) groups excluding carboxylic acids is 1. The van der Waals surface area contributed by atoms with Crippen LogP contribution in [-0.2, 0) is 6.54 Å². The average molecular weight is 259 g/mol. The minimum absolute atomic E-state index is 0.155. The molecule has 0 aliphatic carbocycles. The van der Waals surface area contributed by atoms with Gasteiger partial charge in [-0.3, -0.25) is 10.1 Å². The molecule has 2 rings (SSSR count). The van der Waals surface area contributed by atoms with Gasteiger partial charge >= 0.3 is 0 Å². The fourth-order valence-corrected chi connectivity index (χ4v) is 1.40. The van der Waals surface area contributed by atoms with E-state index in [0.717, 1.165) is 0 Å². The maximum atomic E-state index is 11.9. The minimum Gasteiger partial charge on any atom is -0.497 e. The van der Waals surface area contributed by atoms with Crippen LogP contribution in [0.15, 0.2) is 36.9 Å². The zero-order valence-electron chi connectivity index (χ0n) is 10.4. The molecule has 98 valence electrons. The molecular weight excluding hydrogens is 246 g/mol. The van der Waals surface area contributed by atoms with Gasteiger partial charge in [-0.05, 0) is 29.5 Å². The predicted molar refractivity (Wildman–Crippen MR) is 69.0 cm³/mol. The van der Waals surface area contributed by atoms with Gasteiger partial charge < -0.3 is 4.74 Å². The van der Waals surface area contributed by atoms with E-state index < -0.39 is 0 Å². The van der Waals surface area contributed by atoms with E-state index in [4.69, 9.17) is 4.74 Å². The summed E-state index contributed by atoms with van der Waals surface area (Å²) in [5.41, 5.74) is 0.487. The second-order valence-corrected chi connectivity index (χ2v) is 3.64. The van der Waals surface area contributed by atoms with Crippen LogP contribution < -0.4 is 10.1 Å². The topological polar surface area (TPSA) is 81.9 Å². The fraction of sp³-hybridized carbons (Fsp3) is 0.167. The van der Waals surface area contributed by atoms with Crippen LogP contribution in [0, 0.1) is 0 Å². The molecule has 0 radical (unpaired) electrons. The van der Waals surface area contributed by atoms with E-state index in [1.165, 1.54) is 4.80 Å². The number of allylic oxidation sites excluding steroid dienone is 1. The summed E-state index contributed by atoms with van der Waals surface area (Å²) in [4.78, 5) is 13.2. The summed E-state index contributed by atoms with van der Waals surface area (Å²) in [6.07, 6.45) is 1.64. The van der Waals surface area contributed by atoms with Gasteiger partial charge in [-0.1, -0.05) is 11.2 Å². The fourth-order valence-electron chi connectivity index (χ4n) is 1.40. The van der Waals surface area contributed by atoms with Gasteiger partial charge in [-0.2, -0.15) is 4.80 Å². The minimum atomic E-state index is -0.305. The van der Waals surface area contributed by atoms with Crippen LogP contribution in [0.1, 0.15) is 10.4 Å². The van der Waals surface area contributed by atoms with E-state index in [2.05, 4.69) is 27.3 Å². The molecule has 0 fully saturated rings. The van der Waals surface area contributed by atoms with Crippen LogP contribution in [0.5, 0.6) is 5.75 Å². The van der Waals surface area contributed by atoms with Crippen molar-refractivity contribution < 1.29 is 9.53 Å². The SMILES string of the molecule is C=CCn1nnc(NC(=O)c2ccc(OC)cc2)n1. The molecule has 19 heavy (non-hydrogen) atoms. The van der Waals surface area contributed by atoms with E-state index in [-0.39, 0.29) is 11.9 Å². The summed E-state index contributed by atoms with van der Waals surface area (Å²) in [6.45, 7) is 4.00. The molecule has 0 saturated heterocycles. The van der Waals surface area contributed by atoms with E-state index in [1.807, 2.05) is 0 Å². The molecule has 0 aliphatic rings. The molecule has 1 aromatic carbocycles. The van der Waals surface area contributed by atoms with Gasteiger partial charge in [-0.25, -0.2) is 0 Å². The molecule has 7 heteroatoms. The molecule has 0 bridgehead atoms. The Hall–Kier alpha value is -2.70. The number of anilines is 1. The van der Waals surface area contributed by atoms with E-state index in [0.29, 0.717) is 17.9 Å². The Morgan fingerprint density at radius 2 is 2.21 bits per heavy atom. The van der Waals surface area contributed by atoms with E-state index in [1.54, 1.807) is 37.5 Å². The summed E-state index contributed by atoms with van der Waals surface area (Å²) in [6, 6.07) is 6.72. The molecule has 7 nitrogen and oxygen atoms in total. The standard InChI is InChI=1S/C12H13N5O2/c1-3-8-17-15-12(14-16-17)13-11(18)9-4-6-10(19-2)7-5-9/h3-7H,1,8H2,2H3,(H,13,15,18). The number of hydrogen-bond donors (Lipinski definition) is 1. The highest BCUT2D eigenvalue weighted by atomic mass is 16.5. The molecule has 1 aromatic heterocycles. The Balaban J connectivity index is 2.04. The van der Waals surface area contributed by atoms with Gasteiger partial charge in [0.1, 0.15) is 5.75 Å². The average Bonchev–Trinajstić information content (AvgIpc) is 2.86. The van der Waals surface area contributed by atoms with Crippen molar-refractivity contribution in [1.29, 1.82) is 0 Å². The number of nitrogens with one attached hydrogen (secondary N) is 1. The third kappa shape index (κ3) is 3.15. The lowest BCUT2D eigenvalue weighted by Gasteiger charge is -2.02. The smallest absolute Gasteiger partial charge is 0.270 e. The number of hydrogen-bond acceptors (Lipinski definition) is 5. The summed E-state index contributed by atoms with van der Waals surface area (Å²) >= 11 is 0. The molecule has 0 atom stereocenters. The van der Waals surface area contributed by atoms with Gasteiger partial charge in [0, 0.05) is 5.56 Å². The number of aromatic nitrogens is 4. The zero-order valence-corrected chi connectivity index (χ0v) is 10.4. The number of ether oxygens (including phenoxy) is 1. The van der Waals surface area contributed by atoms with Gasteiger partial charge in [0.05, 0.1) is 13.7 Å². The molecule has 0 unspecified atom stereocenters. The lowest BCUT2D eigenvalue weighted by molar-refractivity contribution is 0.102. The Bertz CT molecular complexity index is 576. The van der Waals surface area contributed by atoms with Crippen molar-refractivity contribution in [3.05, 3.63) is 42.5 Å². The lowest BCUT2D eigenvalue weighted by atomic mass is 10.2. The van der Waals surface area contributed by atoms with Crippen LogP contribution in [0.4, 0.5) is 5.95 Å². The maximum absolute atomic E-state index is 11.9. The summed E-state index contributed by atoms with van der Waals surface area (Å²) in [5.74, 6) is 0.537. The van der Waals surface area contributed by atoms with Crippen LogP contribution >= 0.6 is 0 Å². The second-order valence-electron chi connectivity index (χ2n) is 3.64. The number of carbonyl (C=O) groups is 1. The van der Waals surface area contributed by atoms with Gasteiger partial charge in [0.25, 0.3) is 11.9 Å². The first kappa shape index (κ1) is 12.7. The Labute approximate surface area is 109 Å². The first-order valence-corrected chi connectivity index (χ1v) is 5.57. The summed E-state index contributed by atoms with van der Waals surface area (Å²) in [5, 5.41) is 14.0. The zero-order chi connectivity index (χ0) is 13.7. The largest absolute Gasteiger partial charge is 0.497 e. The highest BCUT2D eigenvalue weighted by Gasteiger charge is 2.09. The quantitative estimate of drug-likeness (QED) is 0.814. The number of benzene rings is 1. The van der Waals surface area contributed by atoms with Crippen LogP contribution in [0.2, 0.25) is 0 Å². The number of rotatable bonds is 5. The maximum Gasteiger partial charge on any atom is 0.270 e. The van der Waals surface area contributed by atoms with Gasteiger partial charge in [0.15, 0.2) is 0 Å². The van der Waals surface area contributed by atoms with Crippen molar-refractivity contribution in [2.45, 2.75) is 6.54 Å². The highest BCUT2D eigenvalue weighted by Crippen LogP contribution is 2.12. The predicted octanol–water partition coefficient (Wildman–Crippen LogP) is 1.12. The first-order chi connectivity index (χ1) is 9.22. The van der Waals surface area contributed by atoms with Crippen molar-refractivity contribution in [2.24, 2.45) is 0 Å². The molecule has 0 spiro atoms. The molecule has 1 amide bonds. The van der Waals surface area contributed by atoms with Crippen molar-refractivity contribution in [3.63, 3.8) is 0 Å². The van der Waals surface area contributed by atoms with Gasteiger partial charge in [-0.15, -0.1) is 11.7 Å². The van der Waals surface area contributed by atoms with Crippen LogP contribution in [0.3, 0.4) is 0 Å². The molecule has 0 aliphatic heterocycles. The first-order valence-electron chi connectivity index (χ1n) is 5.57. The number of tetrazole rings is 1. The van der Waals surface area contributed by atoms with Crippen molar-refractivity contribution in [3.8, 4) is 5.75 Å². The Morgan fingerprint density at radius 1 is 1.47 bits per heavy atom. The van der Waals surface area contributed by atoms with Crippen molar-refractivity contribution in [2.75, 3.05) is 12.4 Å². The Morgan fingerprint density at radius 3 is 2.84 bits per heavy atom. The number of amides is 1. The second kappa shape index (κ2) is 5.76. The van der Waals surface area contributed by atoms with Crippen molar-refractivity contribution in [1.82, 2.24) is 20.2 Å². The third-order valence-electron chi connectivity index (χ3n) is 2.32. The Kier molecular flexibility index (Phi) is 3.87. The molecule has 1 N–H and O–H groups in total. The third-order valence-corrected chi connectivity index (χ3v) is 2.32. The van der Waals surface area contributed by atoms with Crippen LogP contribution in [-0.4, -0.2) is 33.2 Å². The molecule has 2 aromatic rings. The van der Waals surface area contributed by atoms with E-state index >= 15 is 0 Å². The number of methoxy groups -OCH3 is 1. The monoisotopic (exact) mass is 259 g/mol. The van der Waals surface area contributed by atoms with E-state index in [9.17, 15) is 4.79 Å².